The highest BCUT2D eigenvalue weighted by molar-refractivity contribution is 6.40. The third-order valence-electron chi connectivity index (χ3n) is 6.18. The van der Waals surface area contributed by atoms with Crippen molar-refractivity contribution in [1.29, 1.82) is 0 Å². The number of fused-ring (bicyclic) bond motifs is 1. The smallest absolute Gasteiger partial charge is 0.377 e. The van der Waals surface area contributed by atoms with Crippen LogP contribution in [0.3, 0.4) is 0 Å². The number of benzene rings is 3. The number of nitrogens with one attached hydrogen (secondary N) is 1. The van der Waals surface area contributed by atoms with E-state index in [1.807, 2.05) is 42.5 Å². The summed E-state index contributed by atoms with van der Waals surface area (Å²) in [5.41, 5.74) is 4.17. The Morgan fingerprint density at radius 3 is 2.09 bits per heavy atom. The van der Waals surface area contributed by atoms with E-state index in [2.05, 4.69) is 29.6 Å². The third-order valence-corrected chi connectivity index (χ3v) is 6.18. The first-order chi connectivity index (χ1) is 15.5. The molecule has 0 saturated heterocycles. The summed E-state index contributed by atoms with van der Waals surface area (Å²) >= 11 is 0. The Morgan fingerprint density at radius 1 is 0.875 bits per heavy atom. The molecule has 5 heteroatoms. The van der Waals surface area contributed by atoms with Crippen LogP contribution in [0.2, 0.25) is 0 Å². The van der Waals surface area contributed by atoms with Gasteiger partial charge in [-0.25, -0.2) is 4.79 Å². The topological polar surface area (TPSA) is 83.5 Å². The SMILES string of the molecule is O=C(O)C(=O)c1cccc2c1CCC(C(=O)NCC(c1ccccc1)c1ccccc1)C2. The van der Waals surface area contributed by atoms with Crippen LogP contribution >= 0.6 is 0 Å². The van der Waals surface area contributed by atoms with Gasteiger partial charge in [-0.1, -0.05) is 78.9 Å². The van der Waals surface area contributed by atoms with Crippen LogP contribution < -0.4 is 5.32 Å². The molecule has 1 aliphatic carbocycles. The number of amides is 1. The number of Topliss-reactive ketones (excluding diaryl/α,β-unsaturated/α-hetero) is 1. The van der Waals surface area contributed by atoms with Gasteiger partial charge in [0.1, 0.15) is 0 Å². The molecule has 162 valence electrons. The molecular weight excluding hydrogens is 402 g/mol. The number of ketones is 1. The first-order valence-corrected chi connectivity index (χ1v) is 10.8. The van der Waals surface area contributed by atoms with E-state index in [0.717, 1.165) is 22.3 Å². The second-order valence-electron chi connectivity index (χ2n) is 8.14. The first kappa shape index (κ1) is 21.5. The molecule has 0 saturated carbocycles. The van der Waals surface area contributed by atoms with Gasteiger partial charge in [0, 0.05) is 23.9 Å². The number of rotatable bonds is 7. The van der Waals surface area contributed by atoms with Gasteiger partial charge in [0.2, 0.25) is 5.91 Å². The van der Waals surface area contributed by atoms with Gasteiger partial charge >= 0.3 is 5.97 Å². The third kappa shape index (κ3) is 4.62. The Labute approximate surface area is 187 Å². The molecule has 3 aromatic carbocycles. The van der Waals surface area contributed by atoms with Crippen molar-refractivity contribution in [2.45, 2.75) is 25.2 Å². The maximum atomic E-state index is 13.0. The van der Waals surface area contributed by atoms with Gasteiger partial charge in [-0.2, -0.15) is 0 Å². The van der Waals surface area contributed by atoms with Crippen molar-refractivity contribution in [2.24, 2.45) is 5.92 Å². The fraction of sp³-hybridized carbons (Fsp3) is 0.222. The minimum absolute atomic E-state index is 0.0116. The van der Waals surface area contributed by atoms with Crippen LogP contribution in [0.1, 0.15) is 45.0 Å². The average molecular weight is 428 g/mol. The maximum Gasteiger partial charge on any atom is 0.377 e. The lowest BCUT2D eigenvalue weighted by atomic mass is 9.80. The van der Waals surface area contributed by atoms with Crippen molar-refractivity contribution < 1.29 is 19.5 Å². The second kappa shape index (κ2) is 9.60. The van der Waals surface area contributed by atoms with Gasteiger partial charge in [-0.05, 0) is 41.5 Å². The van der Waals surface area contributed by atoms with Gasteiger partial charge in [0.05, 0.1) is 0 Å². The molecule has 1 amide bonds. The number of carboxylic acids is 1. The highest BCUT2D eigenvalue weighted by atomic mass is 16.4. The van der Waals surface area contributed by atoms with Crippen molar-refractivity contribution in [3.63, 3.8) is 0 Å². The quantitative estimate of drug-likeness (QED) is 0.441. The van der Waals surface area contributed by atoms with Crippen molar-refractivity contribution in [1.82, 2.24) is 5.32 Å². The van der Waals surface area contributed by atoms with Gasteiger partial charge in [-0.15, -0.1) is 0 Å². The number of carbonyl (C=O) groups is 3. The summed E-state index contributed by atoms with van der Waals surface area (Å²) in [6.07, 6.45) is 1.61. The number of aliphatic carboxylic acids is 1. The van der Waals surface area contributed by atoms with E-state index in [4.69, 9.17) is 5.11 Å². The molecular formula is C27H25NO4. The molecule has 1 unspecified atom stereocenters. The molecule has 0 aromatic heterocycles. The minimum atomic E-state index is -1.45. The summed E-state index contributed by atoms with van der Waals surface area (Å²) in [4.78, 5) is 36.2. The van der Waals surface area contributed by atoms with E-state index >= 15 is 0 Å². The van der Waals surface area contributed by atoms with E-state index < -0.39 is 11.8 Å². The Kier molecular flexibility index (Phi) is 6.45. The highest BCUT2D eigenvalue weighted by Crippen LogP contribution is 2.29. The predicted molar refractivity (Wildman–Crippen MR) is 122 cm³/mol. The lowest BCUT2D eigenvalue weighted by Gasteiger charge is -2.26. The lowest BCUT2D eigenvalue weighted by Crippen LogP contribution is -2.37. The Morgan fingerprint density at radius 2 is 1.50 bits per heavy atom. The molecule has 0 spiro atoms. The molecule has 2 N–H and O–H groups in total. The standard InChI is InChI=1S/C27H25NO4/c29-25(27(31)32)23-13-7-12-20-16-21(14-15-22(20)23)26(30)28-17-24(18-8-3-1-4-9-18)19-10-5-2-6-11-19/h1-13,21,24H,14-17H2,(H,28,30)(H,31,32). The fourth-order valence-electron chi connectivity index (χ4n) is 4.50. The molecule has 0 heterocycles. The first-order valence-electron chi connectivity index (χ1n) is 10.8. The number of carbonyl (C=O) groups excluding carboxylic acids is 2. The molecule has 4 rings (SSSR count). The minimum Gasteiger partial charge on any atom is -0.475 e. The van der Waals surface area contributed by atoms with E-state index in [-0.39, 0.29) is 23.3 Å². The summed E-state index contributed by atoms with van der Waals surface area (Å²) in [7, 11) is 0. The van der Waals surface area contributed by atoms with E-state index in [1.165, 1.54) is 0 Å². The van der Waals surface area contributed by atoms with Crippen LogP contribution in [0.5, 0.6) is 0 Å². The van der Waals surface area contributed by atoms with Crippen molar-refractivity contribution in [3.8, 4) is 0 Å². The summed E-state index contributed by atoms with van der Waals surface area (Å²) in [6.45, 7) is 0.494. The normalized spacial score (nSPS) is 15.1. The van der Waals surface area contributed by atoms with E-state index in [0.29, 0.717) is 25.8 Å². The van der Waals surface area contributed by atoms with Gasteiger partial charge < -0.3 is 10.4 Å². The largest absolute Gasteiger partial charge is 0.475 e. The van der Waals surface area contributed by atoms with Crippen LogP contribution in [0.25, 0.3) is 0 Å². The van der Waals surface area contributed by atoms with E-state index in [1.54, 1.807) is 12.1 Å². The summed E-state index contributed by atoms with van der Waals surface area (Å²) < 4.78 is 0. The summed E-state index contributed by atoms with van der Waals surface area (Å²) in [5.74, 6) is -2.51. The van der Waals surface area contributed by atoms with Crippen LogP contribution in [0, 0.1) is 5.92 Å². The second-order valence-corrected chi connectivity index (χ2v) is 8.14. The molecule has 1 atom stereocenters. The molecule has 0 radical (unpaired) electrons. The molecule has 0 fully saturated rings. The van der Waals surface area contributed by atoms with Crippen LogP contribution in [-0.4, -0.2) is 29.3 Å². The van der Waals surface area contributed by atoms with Crippen LogP contribution in [-0.2, 0) is 22.4 Å². The zero-order chi connectivity index (χ0) is 22.5. The van der Waals surface area contributed by atoms with Gasteiger partial charge in [-0.3, -0.25) is 9.59 Å². The molecule has 0 bridgehead atoms. The monoisotopic (exact) mass is 427 g/mol. The molecule has 5 nitrogen and oxygen atoms in total. The molecule has 1 aliphatic rings. The highest BCUT2D eigenvalue weighted by Gasteiger charge is 2.29. The zero-order valence-corrected chi connectivity index (χ0v) is 17.7. The summed E-state index contributed by atoms with van der Waals surface area (Å²) in [5, 5.41) is 12.2. The Bertz CT molecular complexity index is 1090. The number of hydrogen-bond acceptors (Lipinski definition) is 3. The lowest BCUT2D eigenvalue weighted by molar-refractivity contribution is -0.132. The van der Waals surface area contributed by atoms with Crippen LogP contribution in [0.4, 0.5) is 0 Å². The van der Waals surface area contributed by atoms with Crippen LogP contribution in [0.15, 0.2) is 78.9 Å². The zero-order valence-electron chi connectivity index (χ0n) is 17.7. The van der Waals surface area contributed by atoms with Gasteiger partial charge in [0.15, 0.2) is 0 Å². The van der Waals surface area contributed by atoms with Gasteiger partial charge in [0.25, 0.3) is 5.78 Å². The van der Waals surface area contributed by atoms with Crippen molar-refractivity contribution in [3.05, 3.63) is 107 Å². The van der Waals surface area contributed by atoms with Crippen molar-refractivity contribution in [2.75, 3.05) is 6.54 Å². The van der Waals surface area contributed by atoms with E-state index in [9.17, 15) is 14.4 Å². The Balaban J connectivity index is 1.47. The predicted octanol–water partition coefficient (Wildman–Crippen LogP) is 4.01. The molecule has 3 aromatic rings. The average Bonchev–Trinajstić information content (AvgIpc) is 2.84. The molecule has 0 aliphatic heterocycles. The Hall–Kier alpha value is -3.73. The summed E-state index contributed by atoms with van der Waals surface area (Å²) in [6, 6.07) is 25.4. The fourth-order valence-corrected chi connectivity index (χ4v) is 4.50. The molecule has 32 heavy (non-hydrogen) atoms. The van der Waals surface area contributed by atoms with Crippen molar-refractivity contribution >= 4 is 17.7 Å². The maximum absolute atomic E-state index is 13.0. The number of carboxylic acid groups (broad SMARTS) is 1. The number of hydrogen-bond donors (Lipinski definition) is 2.